The van der Waals surface area contributed by atoms with Crippen LogP contribution >= 0.6 is 31.0 Å². The first-order chi connectivity index (χ1) is 13.0. The number of hydrogen-bond acceptors (Lipinski definition) is 4. The van der Waals surface area contributed by atoms with Crippen molar-refractivity contribution in [2.45, 2.75) is 5.92 Å². The number of para-hydroxylation sites is 1. The van der Waals surface area contributed by atoms with Gasteiger partial charge in [0.15, 0.2) is 6.16 Å². The van der Waals surface area contributed by atoms with Crippen molar-refractivity contribution in [1.82, 2.24) is 5.32 Å². The van der Waals surface area contributed by atoms with Gasteiger partial charge in [0.05, 0.1) is 0 Å². The number of nitrogen functional groups attached to an aromatic ring is 1. The smallest absolute Gasteiger partial charge is 0.398 e. The lowest BCUT2D eigenvalue weighted by atomic mass is 9.99. The summed E-state index contributed by atoms with van der Waals surface area (Å²) in [7, 11) is -2.49. The summed E-state index contributed by atoms with van der Waals surface area (Å²) in [5.41, 5.74) is 7.93. The van der Waals surface area contributed by atoms with E-state index < -0.39 is 13.9 Å². The molecule has 2 aromatic carbocycles. The number of carbonyl (C=O) groups is 1. The molecule has 2 unspecified atom stereocenters. The monoisotopic (exact) mass is 419 g/mol. The number of fused-ring (bicyclic) bond motifs is 1. The maximum atomic E-state index is 12.7. The third kappa shape index (κ3) is 4.73. The lowest BCUT2D eigenvalue weighted by Gasteiger charge is -2.10. The second-order valence-corrected chi connectivity index (χ2v) is 8.31. The lowest BCUT2D eigenvalue weighted by Crippen LogP contribution is -2.26. The summed E-state index contributed by atoms with van der Waals surface area (Å²) in [4.78, 5) is 22.1. The highest BCUT2D eigenvalue weighted by Crippen LogP contribution is 2.36. The van der Waals surface area contributed by atoms with Gasteiger partial charge in [0.1, 0.15) is 5.92 Å². The van der Waals surface area contributed by atoms with Crippen LogP contribution in [-0.2, 0) is 9.36 Å². The second-order valence-electron chi connectivity index (χ2n) is 5.89. The minimum atomic E-state index is -2.49. The molecule has 0 spiro atoms. The summed E-state index contributed by atoms with van der Waals surface area (Å²) in [5, 5.41) is 5.89. The van der Waals surface area contributed by atoms with Gasteiger partial charge in [-0.3, -0.25) is 4.79 Å². The molecule has 0 bridgehead atoms. The third-order valence-corrected chi connectivity index (χ3v) is 5.97. The summed E-state index contributed by atoms with van der Waals surface area (Å²) in [6.07, 6.45) is 3.01. The zero-order valence-electron chi connectivity index (χ0n) is 14.1. The highest BCUT2D eigenvalue weighted by Gasteiger charge is 2.31. The van der Waals surface area contributed by atoms with Crippen molar-refractivity contribution in [1.29, 1.82) is 0 Å². The number of thiophene rings is 1. The predicted molar refractivity (Wildman–Crippen MR) is 112 cm³/mol. The first kappa shape index (κ1) is 19.5. The molecule has 3 rings (SSSR count). The molecule has 0 saturated carbocycles. The Hall–Kier alpha value is -2.24. The molecule has 2 atom stereocenters. The molecule has 138 valence electrons. The standard InChI is InChI=1S/C19H16ClN2O3PS/c20-13-5-6-18-14(9-13)16(11-27-18)15(10-26(24)25)19(23)22-8-7-12-3-1-2-4-17(12)21/h1-9,11,15H,10,21H2,(H-,22,23,24,25)/p+1/b8-7+. The van der Waals surface area contributed by atoms with Crippen LogP contribution in [0.5, 0.6) is 0 Å². The Labute approximate surface area is 166 Å². The number of rotatable bonds is 6. The fraction of sp³-hybridized carbons (Fsp3) is 0.105. The molecule has 4 N–H and O–H groups in total. The zero-order chi connectivity index (χ0) is 19.4. The Morgan fingerprint density at radius 1 is 1.33 bits per heavy atom. The molecule has 0 radical (unpaired) electrons. The van der Waals surface area contributed by atoms with Crippen LogP contribution in [0, 0.1) is 0 Å². The van der Waals surface area contributed by atoms with E-state index in [0.717, 1.165) is 15.6 Å². The molecule has 3 aromatic rings. The third-order valence-electron chi connectivity index (χ3n) is 4.08. The summed E-state index contributed by atoms with van der Waals surface area (Å²) < 4.78 is 12.4. The van der Waals surface area contributed by atoms with Gasteiger partial charge in [-0.1, -0.05) is 29.8 Å². The van der Waals surface area contributed by atoms with Crippen LogP contribution in [0.3, 0.4) is 0 Å². The van der Waals surface area contributed by atoms with Crippen LogP contribution in [0.4, 0.5) is 5.69 Å². The van der Waals surface area contributed by atoms with Crippen molar-refractivity contribution in [3.8, 4) is 0 Å². The topological polar surface area (TPSA) is 92.4 Å². The summed E-state index contributed by atoms with van der Waals surface area (Å²) in [6.45, 7) is 0. The van der Waals surface area contributed by atoms with E-state index in [1.54, 1.807) is 24.3 Å². The number of halogens is 1. The Kier molecular flexibility index (Phi) is 6.24. The van der Waals surface area contributed by atoms with Gasteiger partial charge in [0.2, 0.25) is 5.91 Å². The fourth-order valence-electron chi connectivity index (χ4n) is 2.75. The van der Waals surface area contributed by atoms with E-state index in [-0.39, 0.29) is 12.1 Å². The van der Waals surface area contributed by atoms with E-state index in [9.17, 15) is 14.3 Å². The van der Waals surface area contributed by atoms with Gasteiger partial charge >= 0.3 is 8.03 Å². The second kappa shape index (κ2) is 8.63. The summed E-state index contributed by atoms with van der Waals surface area (Å²) in [6, 6.07) is 12.7. The molecular formula is C19H17ClN2O3PS+. The lowest BCUT2D eigenvalue weighted by molar-refractivity contribution is -0.121. The van der Waals surface area contributed by atoms with Crippen LogP contribution in [0.25, 0.3) is 16.2 Å². The average Bonchev–Trinajstić information content (AvgIpc) is 3.03. The van der Waals surface area contributed by atoms with E-state index in [1.165, 1.54) is 17.5 Å². The largest absolute Gasteiger partial charge is 0.506 e. The van der Waals surface area contributed by atoms with E-state index in [1.807, 2.05) is 29.6 Å². The molecule has 0 aliphatic heterocycles. The zero-order valence-corrected chi connectivity index (χ0v) is 16.6. The molecule has 8 heteroatoms. The number of hydrogen-bond donors (Lipinski definition) is 3. The van der Waals surface area contributed by atoms with Gasteiger partial charge in [-0.2, -0.15) is 4.89 Å². The van der Waals surface area contributed by atoms with Gasteiger partial charge in [0, 0.05) is 21.6 Å². The number of carbonyl (C=O) groups excluding carboxylic acids is 1. The molecule has 1 amide bonds. The summed E-state index contributed by atoms with van der Waals surface area (Å²) in [5.74, 6) is -1.12. The summed E-state index contributed by atoms with van der Waals surface area (Å²) >= 11 is 7.55. The Morgan fingerprint density at radius 3 is 2.85 bits per heavy atom. The molecular weight excluding hydrogens is 403 g/mol. The highest BCUT2D eigenvalue weighted by molar-refractivity contribution is 7.38. The van der Waals surface area contributed by atoms with E-state index in [4.69, 9.17) is 17.3 Å². The Morgan fingerprint density at radius 2 is 2.11 bits per heavy atom. The normalized spacial score (nSPS) is 13.0. The molecule has 0 fully saturated rings. The van der Waals surface area contributed by atoms with Crippen LogP contribution in [0.15, 0.2) is 54.0 Å². The molecule has 0 saturated heterocycles. The van der Waals surface area contributed by atoms with Gasteiger partial charge < -0.3 is 11.1 Å². The predicted octanol–water partition coefficient (Wildman–Crippen LogP) is 4.74. The van der Waals surface area contributed by atoms with Gasteiger partial charge in [-0.15, -0.1) is 11.3 Å². The number of nitrogens with one attached hydrogen (secondary N) is 1. The Bertz CT molecular complexity index is 1030. The van der Waals surface area contributed by atoms with Crippen LogP contribution < -0.4 is 11.1 Å². The quantitative estimate of drug-likeness (QED) is 0.397. The molecule has 0 aliphatic carbocycles. The van der Waals surface area contributed by atoms with Gasteiger partial charge in [-0.05, 0) is 56.8 Å². The number of anilines is 1. The van der Waals surface area contributed by atoms with Crippen molar-refractivity contribution < 1.29 is 14.3 Å². The first-order valence-electron chi connectivity index (χ1n) is 8.07. The van der Waals surface area contributed by atoms with Crippen molar-refractivity contribution in [2.24, 2.45) is 0 Å². The van der Waals surface area contributed by atoms with Crippen LogP contribution in [0.2, 0.25) is 5.02 Å². The molecule has 0 aliphatic rings. The SMILES string of the molecule is Nc1ccccc1/C=C/NC(=O)C(C[P+](=O)O)c1csc2ccc(Cl)cc12. The molecule has 5 nitrogen and oxygen atoms in total. The fourth-order valence-corrected chi connectivity index (χ4v) is 4.59. The van der Waals surface area contributed by atoms with E-state index >= 15 is 0 Å². The molecule has 27 heavy (non-hydrogen) atoms. The van der Waals surface area contributed by atoms with Gasteiger partial charge in [-0.25, -0.2) is 0 Å². The van der Waals surface area contributed by atoms with Crippen LogP contribution in [0.1, 0.15) is 17.0 Å². The minimum Gasteiger partial charge on any atom is -0.398 e. The van der Waals surface area contributed by atoms with E-state index in [2.05, 4.69) is 5.32 Å². The minimum absolute atomic E-state index is 0.166. The van der Waals surface area contributed by atoms with E-state index in [0.29, 0.717) is 16.3 Å². The van der Waals surface area contributed by atoms with Crippen molar-refractivity contribution >= 4 is 58.7 Å². The maximum Gasteiger partial charge on any atom is 0.506 e. The van der Waals surface area contributed by atoms with Crippen LogP contribution in [-0.4, -0.2) is 17.0 Å². The maximum absolute atomic E-state index is 12.7. The Balaban J connectivity index is 1.85. The first-order valence-corrected chi connectivity index (χ1v) is 10.7. The average molecular weight is 420 g/mol. The number of amides is 1. The molecule has 1 heterocycles. The number of benzene rings is 2. The highest BCUT2D eigenvalue weighted by atomic mass is 35.5. The van der Waals surface area contributed by atoms with Crippen molar-refractivity contribution in [2.75, 3.05) is 11.9 Å². The van der Waals surface area contributed by atoms with Gasteiger partial charge in [0.25, 0.3) is 0 Å². The molecule has 1 aromatic heterocycles. The van der Waals surface area contributed by atoms with Crippen molar-refractivity contribution in [3.63, 3.8) is 0 Å². The van der Waals surface area contributed by atoms with Crippen molar-refractivity contribution in [3.05, 3.63) is 70.2 Å². The number of nitrogens with two attached hydrogens (primary N) is 1.